The Kier molecular flexibility index (Phi) is 5.84. The topological polar surface area (TPSA) is 86.6 Å². The zero-order valence-corrected chi connectivity index (χ0v) is 13.9. The lowest BCUT2D eigenvalue weighted by Crippen LogP contribution is -3.12. The Morgan fingerprint density at radius 1 is 1.22 bits per heavy atom. The first kappa shape index (κ1) is 17.1. The summed E-state index contributed by atoms with van der Waals surface area (Å²) in [5, 5.41) is 15.7. The molecule has 1 aromatic carbocycles. The molecular weight excluding hydrogens is 314 g/mol. The summed E-state index contributed by atoms with van der Waals surface area (Å²) in [5.74, 6) is -1.31. The Balaban J connectivity index is 2.01. The molecule has 2 N–H and O–H groups in total. The third-order valence-corrected chi connectivity index (χ3v) is 4.43. The van der Waals surface area contributed by atoms with Crippen LogP contribution in [0.15, 0.2) is 29.6 Å². The van der Waals surface area contributed by atoms with E-state index in [-0.39, 0.29) is 11.6 Å². The number of carbonyl (C=O) groups is 2. The summed E-state index contributed by atoms with van der Waals surface area (Å²) in [6, 6.07) is 7.17. The Morgan fingerprint density at radius 3 is 2.39 bits per heavy atom. The van der Waals surface area contributed by atoms with E-state index in [2.05, 4.69) is 24.1 Å². The predicted octanol–water partition coefficient (Wildman–Crippen LogP) is 0.0368. The van der Waals surface area contributed by atoms with E-state index in [0.717, 1.165) is 18.7 Å². The lowest BCUT2D eigenvalue weighted by Gasteiger charge is -2.14. The van der Waals surface area contributed by atoms with Crippen molar-refractivity contribution >= 4 is 28.9 Å². The third-order valence-electron chi connectivity index (χ3n) is 3.54. The smallest absolute Gasteiger partial charge is 0.279 e. The van der Waals surface area contributed by atoms with Gasteiger partial charge in [-0.25, -0.2) is 4.98 Å². The number of aromatic nitrogens is 1. The van der Waals surface area contributed by atoms with Gasteiger partial charge in [0.15, 0.2) is 6.54 Å². The molecule has 0 radical (unpaired) electrons. The molecule has 0 aliphatic heterocycles. The number of aromatic carboxylic acids is 1. The van der Waals surface area contributed by atoms with Crippen LogP contribution in [0.5, 0.6) is 0 Å². The molecule has 0 atom stereocenters. The van der Waals surface area contributed by atoms with Crippen molar-refractivity contribution in [3.05, 3.63) is 35.3 Å². The molecule has 0 aliphatic carbocycles. The summed E-state index contributed by atoms with van der Waals surface area (Å²) >= 11 is 1.24. The molecule has 1 amide bonds. The van der Waals surface area contributed by atoms with Crippen LogP contribution in [0.2, 0.25) is 0 Å². The number of amides is 1. The SMILES string of the molecule is CC[NH+](CC)CC(=O)Nc1ccc(-c2nc(C(=O)[O-])cs2)cc1. The maximum atomic E-state index is 12.0. The number of likely N-dealkylation sites (N-methyl/N-ethyl adjacent to an activating group) is 1. The third kappa shape index (κ3) is 4.61. The van der Waals surface area contributed by atoms with Crippen molar-refractivity contribution in [3.63, 3.8) is 0 Å². The van der Waals surface area contributed by atoms with Gasteiger partial charge in [0.05, 0.1) is 24.8 Å². The van der Waals surface area contributed by atoms with Crippen molar-refractivity contribution < 1.29 is 19.6 Å². The van der Waals surface area contributed by atoms with E-state index < -0.39 is 5.97 Å². The Morgan fingerprint density at radius 2 is 1.87 bits per heavy atom. The predicted molar refractivity (Wildman–Crippen MR) is 87.4 cm³/mol. The van der Waals surface area contributed by atoms with Crippen molar-refractivity contribution in [1.82, 2.24) is 4.98 Å². The van der Waals surface area contributed by atoms with E-state index in [9.17, 15) is 14.7 Å². The van der Waals surface area contributed by atoms with E-state index in [4.69, 9.17) is 0 Å². The minimum Gasteiger partial charge on any atom is -0.543 e. The first-order valence-electron chi connectivity index (χ1n) is 7.44. The molecule has 0 aliphatic rings. The van der Waals surface area contributed by atoms with Crippen molar-refractivity contribution in [1.29, 1.82) is 0 Å². The number of nitrogens with zero attached hydrogens (tertiary/aromatic N) is 1. The molecule has 122 valence electrons. The molecule has 0 saturated carbocycles. The second kappa shape index (κ2) is 7.85. The molecule has 0 spiro atoms. The fourth-order valence-electron chi connectivity index (χ4n) is 2.13. The standard InChI is InChI=1S/C16H19N3O3S/c1-3-19(4-2)9-14(20)17-12-7-5-11(6-8-12)15-18-13(10-23-15)16(21)22/h5-8,10H,3-4,9H2,1-2H3,(H,17,20)(H,21,22). The number of carboxylic acid groups (broad SMARTS) is 1. The highest BCUT2D eigenvalue weighted by Gasteiger charge is 2.11. The number of hydrogen-bond donors (Lipinski definition) is 2. The van der Waals surface area contributed by atoms with Crippen LogP contribution in [0, 0.1) is 0 Å². The summed E-state index contributed by atoms with van der Waals surface area (Å²) < 4.78 is 0. The quantitative estimate of drug-likeness (QED) is 0.749. The van der Waals surface area contributed by atoms with Gasteiger partial charge >= 0.3 is 0 Å². The second-order valence-corrected chi connectivity index (χ2v) is 5.94. The highest BCUT2D eigenvalue weighted by atomic mass is 32.1. The summed E-state index contributed by atoms with van der Waals surface area (Å²) in [5.41, 5.74) is 1.45. The van der Waals surface area contributed by atoms with Gasteiger partial charge in [0.25, 0.3) is 5.91 Å². The van der Waals surface area contributed by atoms with E-state index in [1.54, 1.807) is 24.3 Å². The van der Waals surface area contributed by atoms with Gasteiger partial charge in [-0.1, -0.05) is 0 Å². The lowest BCUT2D eigenvalue weighted by molar-refractivity contribution is -0.888. The fourth-order valence-corrected chi connectivity index (χ4v) is 2.92. The molecule has 2 aromatic rings. The van der Waals surface area contributed by atoms with Crippen molar-refractivity contribution in [2.45, 2.75) is 13.8 Å². The molecule has 1 aromatic heterocycles. The normalized spacial score (nSPS) is 10.7. The van der Waals surface area contributed by atoms with E-state index in [1.807, 2.05) is 0 Å². The lowest BCUT2D eigenvalue weighted by atomic mass is 10.2. The molecule has 6 nitrogen and oxygen atoms in total. The average molecular weight is 333 g/mol. The zero-order chi connectivity index (χ0) is 16.8. The number of carboxylic acids is 1. The van der Waals surface area contributed by atoms with Gasteiger partial charge in [0, 0.05) is 16.6 Å². The highest BCUT2D eigenvalue weighted by Crippen LogP contribution is 2.24. The van der Waals surface area contributed by atoms with Crippen molar-refractivity contribution in [2.75, 3.05) is 25.0 Å². The number of thiazole rings is 1. The number of quaternary nitrogens is 1. The van der Waals surface area contributed by atoms with Crippen molar-refractivity contribution in [2.24, 2.45) is 0 Å². The number of anilines is 1. The zero-order valence-electron chi connectivity index (χ0n) is 13.1. The monoisotopic (exact) mass is 333 g/mol. The van der Waals surface area contributed by atoms with E-state index >= 15 is 0 Å². The summed E-state index contributed by atoms with van der Waals surface area (Å²) in [7, 11) is 0. The molecule has 23 heavy (non-hydrogen) atoms. The number of carbonyl (C=O) groups excluding carboxylic acids is 2. The molecule has 2 rings (SSSR count). The van der Waals surface area contributed by atoms with Crippen LogP contribution in [0.25, 0.3) is 10.6 Å². The number of hydrogen-bond acceptors (Lipinski definition) is 5. The number of benzene rings is 1. The largest absolute Gasteiger partial charge is 0.543 e. The minimum absolute atomic E-state index is 0.0232. The summed E-state index contributed by atoms with van der Waals surface area (Å²) in [4.78, 5) is 27.9. The van der Waals surface area contributed by atoms with Gasteiger partial charge < -0.3 is 20.1 Å². The van der Waals surface area contributed by atoms with Crippen LogP contribution in [-0.2, 0) is 4.79 Å². The van der Waals surface area contributed by atoms with E-state index in [1.165, 1.54) is 21.6 Å². The number of rotatable bonds is 7. The highest BCUT2D eigenvalue weighted by molar-refractivity contribution is 7.13. The molecule has 7 heteroatoms. The molecule has 1 heterocycles. The summed E-state index contributed by atoms with van der Waals surface area (Å²) in [6.07, 6.45) is 0. The second-order valence-electron chi connectivity index (χ2n) is 5.08. The van der Waals surface area contributed by atoms with Gasteiger partial charge in [0.2, 0.25) is 0 Å². The van der Waals surface area contributed by atoms with Gasteiger partial charge in [-0.05, 0) is 38.1 Å². The molecular formula is C16H19N3O3S. The van der Waals surface area contributed by atoms with Crippen LogP contribution in [-0.4, -0.2) is 36.5 Å². The Hall–Kier alpha value is -2.25. The Bertz CT molecular complexity index is 678. The molecule has 0 unspecified atom stereocenters. The van der Waals surface area contributed by atoms with Gasteiger partial charge in [0.1, 0.15) is 5.01 Å². The van der Waals surface area contributed by atoms with Crippen LogP contribution >= 0.6 is 11.3 Å². The Labute approximate surface area is 138 Å². The minimum atomic E-state index is -1.28. The van der Waals surface area contributed by atoms with Crippen LogP contribution in [0.3, 0.4) is 0 Å². The van der Waals surface area contributed by atoms with E-state index in [0.29, 0.717) is 17.2 Å². The average Bonchev–Trinajstić information content (AvgIpc) is 3.03. The van der Waals surface area contributed by atoms with Gasteiger partial charge in [-0.3, -0.25) is 4.79 Å². The first-order valence-corrected chi connectivity index (χ1v) is 8.32. The molecule has 0 fully saturated rings. The first-order chi connectivity index (χ1) is 11.0. The van der Waals surface area contributed by atoms with Crippen molar-refractivity contribution in [3.8, 4) is 10.6 Å². The van der Waals surface area contributed by atoms with Crippen LogP contribution in [0.1, 0.15) is 24.3 Å². The molecule has 0 bridgehead atoms. The number of nitrogens with one attached hydrogen (secondary N) is 2. The van der Waals surface area contributed by atoms with Crippen LogP contribution < -0.4 is 15.3 Å². The maximum absolute atomic E-state index is 12.0. The maximum Gasteiger partial charge on any atom is 0.279 e. The summed E-state index contributed by atoms with van der Waals surface area (Å²) in [6.45, 7) is 6.36. The van der Waals surface area contributed by atoms with Gasteiger partial charge in [-0.15, -0.1) is 11.3 Å². The fraction of sp³-hybridized carbons (Fsp3) is 0.312. The van der Waals surface area contributed by atoms with Crippen LogP contribution in [0.4, 0.5) is 5.69 Å². The van der Waals surface area contributed by atoms with Gasteiger partial charge in [-0.2, -0.15) is 0 Å². The molecule has 0 saturated heterocycles.